The minimum Gasteiger partial charge on any atom is -0.497 e. The SMILES string of the molecule is CN=C(NCc1ccc(Oc2ccc(OC)cc2)nc1)NCC(c1ccco1)N1CCCC1.I. The molecule has 2 N–H and O–H groups in total. The van der Waals surface area contributed by atoms with Gasteiger partial charge in [-0.3, -0.25) is 9.89 Å². The van der Waals surface area contributed by atoms with Gasteiger partial charge >= 0.3 is 0 Å². The van der Waals surface area contributed by atoms with Gasteiger partial charge in [-0.25, -0.2) is 4.98 Å². The lowest BCUT2D eigenvalue weighted by Gasteiger charge is -2.26. The number of halogens is 1. The van der Waals surface area contributed by atoms with E-state index in [4.69, 9.17) is 13.9 Å². The largest absolute Gasteiger partial charge is 0.497 e. The Morgan fingerprint density at radius 3 is 2.47 bits per heavy atom. The second-order valence-corrected chi connectivity index (χ2v) is 7.86. The molecule has 1 atom stereocenters. The molecule has 0 aliphatic carbocycles. The van der Waals surface area contributed by atoms with E-state index >= 15 is 0 Å². The normalized spacial score (nSPS) is 14.8. The molecule has 0 radical (unpaired) electrons. The molecule has 1 aliphatic rings. The summed E-state index contributed by atoms with van der Waals surface area (Å²) < 4.78 is 16.7. The van der Waals surface area contributed by atoms with Crippen molar-refractivity contribution in [2.45, 2.75) is 25.4 Å². The van der Waals surface area contributed by atoms with Crippen LogP contribution in [0.3, 0.4) is 0 Å². The van der Waals surface area contributed by atoms with Crippen LogP contribution >= 0.6 is 24.0 Å². The fourth-order valence-electron chi connectivity index (χ4n) is 3.88. The third-order valence-corrected chi connectivity index (χ3v) is 5.68. The van der Waals surface area contributed by atoms with Crippen molar-refractivity contribution in [3.8, 4) is 17.4 Å². The van der Waals surface area contributed by atoms with Crippen LogP contribution in [0.25, 0.3) is 0 Å². The van der Waals surface area contributed by atoms with Gasteiger partial charge in [-0.05, 0) is 67.9 Å². The number of aliphatic imine (C=N–C) groups is 1. The standard InChI is InChI=1S/C25H31N5O3.HI/c1-26-25(29-18-22(23-6-5-15-32-23)30-13-3-4-14-30)28-17-19-7-12-24(27-16-19)33-21-10-8-20(31-2)9-11-21;/h5-12,15-16,22H,3-4,13-14,17-18H2,1-2H3,(H2,26,28,29);1H. The summed E-state index contributed by atoms with van der Waals surface area (Å²) in [4.78, 5) is 11.2. The maximum Gasteiger partial charge on any atom is 0.219 e. The Hall–Kier alpha value is -2.79. The maximum atomic E-state index is 5.79. The van der Waals surface area contributed by atoms with Crippen molar-refractivity contribution in [1.82, 2.24) is 20.5 Å². The highest BCUT2D eigenvalue weighted by atomic mass is 127. The van der Waals surface area contributed by atoms with Gasteiger partial charge in [0.25, 0.3) is 0 Å². The van der Waals surface area contributed by atoms with E-state index in [0.717, 1.165) is 42.7 Å². The number of rotatable bonds is 9. The van der Waals surface area contributed by atoms with E-state index in [1.807, 2.05) is 48.5 Å². The molecular formula is C25H32IN5O3. The Morgan fingerprint density at radius 1 is 1.09 bits per heavy atom. The Balaban J connectivity index is 0.00000324. The molecule has 8 nitrogen and oxygen atoms in total. The van der Waals surface area contributed by atoms with Crippen LogP contribution in [0, 0.1) is 0 Å². The van der Waals surface area contributed by atoms with E-state index in [1.165, 1.54) is 12.8 Å². The first-order chi connectivity index (χ1) is 16.2. The van der Waals surface area contributed by atoms with Crippen molar-refractivity contribution in [2.75, 3.05) is 33.8 Å². The number of nitrogens with zero attached hydrogens (tertiary/aromatic N) is 3. The molecule has 0 bridgehead atoms. The van der Waals surface area contributed by atoms with E-state index in [2.05, 4.69) is 25.5 Å². The van der Waals surface area contributed by atoms with Gasteiger partial charge in [0, 0.05) is 32.4 Å². The van der Waals surface area contributed by atoms with Crippen LogP contribution < -0.4 is 20.1 Å². The molecule has 0 saturated carbocycles. The predicted molar refractivity (Wildman–Crippen MR) is 143 cm³/mol. The number of aromatic nitrogens is 1. The third-order valence-electron chi connectivity index (χ3n) is 5.68. The minimum absolute atomic E-state index is 0. The smallest absolute Gasteiger partial charge is 0.219 e. The summed E-state index contributed by atoms with van der Waals surface area (Å²) in [6.07, 6.45) is 6.00. The van der Waals surface area contributed by atoms with Crippen molar-refractivity contribution in [3.05, 3.63) is 72.3 Å². The fourth-order valence-corrected chi connectivity index (χ4v) is 3.88. The van der Waals surface area contributed by atoms with Crippen LogP contribution in [-0.4, -0.2) is 49.6 Å². The predicted octanol–water partition coefficient (Wildman–Crippen LogP) is 4.60. The number of nitrogens with one attached hydrogen (secondary N) is 2. The molecular weight excluding hydrogens is 545 g/mol. The summed E-state index contributed by atoms with van der Waals surface area (Å²) in [6.45, 7) is 3.51. The van der Waals surface area contributed by atoms with Crippen LogP contribution in [0.5, 0.6) is 17.4 Å². The van der Waals surface area contributed by atoms with E-state index in [1.54, 1.807) is 26.6 Å². The van der Waals surface area contributed by atoms with Crippen LogP contribution in [0.4, 0.5) is 0 Å². The van der Waals surface area contributed by atoms with Crippen molar-refractivity contribution in [1.29, 1.82) is 0 Å². The molecule has 1 unspecified atom stereocenters. The van der Waals surface area contributed by atoms with Crippen molar-refractivity contribution in [2.24, 2.45) is 4.99 Å². The van der Waals surface area contributed by atoms with Crippen molar-refractivity contribution >= 4 is 29.9 Å². The first-order valence-corrected chi connectivity index (χ1v) is 11.2. The highest BCUT2D eigenvalue weighted by Crippen LogP contribution is 2.25. The van der Waals surface area contributed by atoms with Crippen molar-refractivity contribution < 1.29 is 13.9 Å². The number of hydrogen-bond donors (Lipinski definition) is 2. The quantitative estimate of drug-likeness (QED) is 0.219. The highest BCUT2D eigenvalue weighted by molar-refractivity contribution is 14.0. The number of furan rings is 1. The summed E-state index contributed by atoms with van der Waals surface area (Å²) in [7, 11) is 3.41. The molecule has 1 aromatic carbocycles. The number of likely N-dealkylation sites (tertiary alicyclic amines) is 1. The summed E-state index contributed by atoms with van der Waals surface area (Å²) in [5, 5.41) is 6.79. The summed E-state index contributed by atoms with van der Waals surface area (Å²) in [6, 6.07) is 15.4. The Labute approximate surface area is 217 Å². The van der Waals surface area contributed by atoms with Gasteiger partial charge in [0.15, 0.2) is 5.96 Å². The second-order valence-electron chi connectivity index (χ2n) is 7.86. The number of guanidine groups is 1. The number of methoxy groups -OCH3 is 1. The van der Waals surface area contributed by atoms with E-state index in [-0.39, 0.29) is 30.0 Å². The monoisotopic (exact) mass is 577 g/mol. The van der Waals surface area contributed by atoms with Gasteiger partial charge in [0.2, 0.25) is 5.88 Å². The molecule has 0 spiro atoms. The molecule has 9 heteroatoms. The van der Waals surface area contributed by atoms with Crippen LogP contribution in [-0.2, 0) is 6.54 Å². The molecule has 4 rings (SSSR count). The molecule has 1 saturated heterocycles. The number of pyridine rings is 1. The minimum atomic E-state index is 0. The Kier molecular flexibility index (Phi) is 10.0. The Bertz CT molecular complexity index is 1000. The maximum absolute atomic E-state index is 5.79. The second kappa shape index (κ2) is 13.2. The summed E-state index contributed by atoms with van der Waals surface area (Å²) in [5.74, 6) is 3.76. The number of benzene rings is 1. The van der Waals surface area contributed by atoms with Crippen molar-refractivity contribution in [3.63, 3.8) is 0 Å². The zero-order valence-corrected chi connectivity index (χ0v) is 21.9. The summed E-state index contributed by atoms with van der Waals surface area (Å²) in [5.41, 5.74) is 1.03. The fraction of sp³-hybridized carbons (Fsp3) is 0.360. The van der Waals surface area contributed by atoms with Gasteiger partial charge in [0.05, 0.1) is 19.4 Å². The first-order valence-electron chi connectivity index (χ1n) is 11.2. The van der Waals surface area contributed by atoms with Gasteiger partial charge in [-0.2, -0.15) is 0 Å². The molecule has 1 fully saturated rings. The summed E-state index contributed by atoms with van der Waals surface area (Å²) >= 11 is 0. The van der Waals surface area contributed by atoms with Gasteiger partial charge in [0.1, 0.15) is 17.3 Å². The molecule has 0 amide bonds. The molecule has 1 aliphatic heterocycles. The average molecular weight is 577 g/mol. The average Bonchev–Trinajstić information content (AvgIpc) is 3.58. The molecule has 3 aromatic rings. The Morgan fingerprint density at radius 2 is 1.85 bits per heavy atom. The van der Waals surface area contributed by atoms with Crippen LogP contribution in [0.1, 0.15) is 30.2 Å². The molecule has 3 heterocycles. The topological polar surface area (TPSA) is 84.2 Å². The van der Waals surface area contributed by atoms with E-state index in [0.29, 0.717) is 18.2 Å². The lowest BCUT2D eigenvalue weighted by atomic mass is 10.2. The van der Waals surface area contributed by atoms with Crippen LogP contribution in [0.15, 0.2) is 70.4 Å². The van der Waals surface area contributed by atoms with Gasteiger partial charge < -0.3 is 24.5 Å². The molecule has 182 valence electrons. The van der Waals surface area contributed by atoms with E-state index < -0.39 is 0 Å². The molecule has 34 heavy (non-hydrogen) atoms. The number of hydrogen-bond acceptors (Lipinski definition) is 6. The first kappa shape index (κ1) is 25.8. The molecule has 2 aromatic heterocycles. The lowest BCUT2D eigenvalue weighted by molar-refractivity contribution is 0.215. The zero-order chi connectivity index (χ0) is 22.9. The third kappa shape index (κ3) is 7.10. The van der Waals surface area contributed by atoms with Crippen LogP contribution in [0.2, 0.25) is 0 Å². The lowest BCUT2D eigenvalue weighted by Crippen LogP contribution is -2.42. The van der Waals surface area contributed by atoms with Gasteiger partial charge in [-0.1, -0.05) is 6.07 Å². The van der Waals surface area contributed by atoms with E-state index in [9.17, 15) is 0 Å². The zero-order valence-electron chi connectivity index (χ0n) is 19.6. The van der Waals surface area contributed by atoms with Gasteiger partial charge in [-0.15, -0.1) is 24.0 Å². The number of ether oxygens (including phenoxy) is 2. The highest BCUT2D eigenvalue weighted by Gasteiger charge is 2.25.